The molecule has 0 unspecified atom stereocenters. The van der Waals surface area contributed by atoms with Gasteiger partial charge in [-0.3, -0.25) is 0 Å². The smallest absolute Gasteiger partial charge is 0.336 e. The van der Waals surface area contributed by atoms with Gasteiger partial charge in [0, 0.05) is 6.08 Å². The molecule has 0 spiro atoms. The fourth-order valence-corrected chi connectivity index (χ4v) is 2.23. The lowest BCUT2D eigenvalue weighted by Crippen LogP contribution is -2.06. The summed E-state index contributed by atoms with van der Waals surface area (Å²) in [5.41, 5.74) is 0.795. The molecule has 0 saturated carbocycles. The third-order valence-electron chi connectivity index (χ3n) is 3.39. The first-order valence-electron chi connectivity index (χ1n) is 7.22. The fourth-order valence-electron chi connectivity index (χ4n) is 2.23. The van der Waals surface area contributed by atoms with Crippen molar-refractivity contribution < 1.29 is 28.5 Å². The van der Waals surface area contributed by atoms with Crippen LogP contribution in [0, 0.1) is 0 Å². The largest absolute Gasteiger partial charge is 0.493 e. The highest BCUT2D eigenvalue weighted by Gasteiger charge is 2.15. The lowest BCUT2D eigenvalue weighted by molar-refractivity contribution is -0.129. The molecule has 0 aliphatic carbocycles. The van der Waals surface area contributed by atoms with Crippen molar-refractivity contribution in [2.75, 3.05) is 21.0 Å². The van der Waals surface area contributed by atoms with Crippen LogP contribution in [-0.2, 0) is 4.79 Å². The van der Waals surface area contributed by atoms with Gasteiger partial charge in [-0.15, -0.1) is 0 Å². The number of rotatable bonds is 5. The first-order chi connectivity index (χ1) is 11.7. The highest BCUT2D eigenvalue weighted by molar-refractivity contribution is 5.89. The van der Waals surface area contributed by atoms with Crippen LogP contribution in [0.15, 0.2) is 42.5 Å². The summed E-state index contributed by atoms with van der Waals surface area (Å²) >= 11 is 0. The summed E-state index contributed by atoms with van der Waals surface area (Å²) in [4.78, 5) is 12.1. The molecule has 0 saturated heterocycles. The van der Waals surface area contributed by atoms with E-state index in [9.17, 15) is 4.79 Å². The molecule has 2 aromatic carbocycles. The van der Waals surface area contributed by atoms with E-state index >= 15 is 0 Å². The van der Waals surface area contributed by atoms with Crippen LogP contribution in [0.5, 0.6) is 28.7 Å². The van der Waals surface area contributed by atoms with E-state index in [0.29, 0.717) is 23.0 Å². The van der Waals surface area contributed by atoms with Gasteiger partial charge in [0.05, 0.1) is 14.2 Å². The third-order valence-corrected chi connectivity index (χ3v) is 3.39. The average Bonchev–Trinajstić information content (AvgIpc) is 3.07. The summed E-state index contributed by atoms with van der Waals surface area (Å²) in [6.07, 6.45) is 2.95. The van der Waals surface area contributed by atoms with Gasteiger partial charge < -0.3 is 23.7 Å². The highest BCUT2D eigenvalue weighted by Crippen LogP contribution is 2.37. The van der Waals surface area contributed by atoms with E-state index in [1.165, 1.54) is 20.3 Å². The van der Waals surface area contributed by atoms with Crippen LogP contribution >= 0.6 is 0 Å². The first kappa shape index (κ1) is 15.7. The molecule has 3 rings (SSSR count). The van der Waals surface area contributed by atoms with Crippen LogP contribution in [0.25, 0.3) is 6.08 Å². The third kappa shape index (κ3) is 3.27. The summed E-state index contributed by atoms with van der Waals surface area (Å²) < 4.78 is 26.3. The van der Waals surface area contributed by atoms with Crippen molar-refractivity contribution in [3.8, 4) is 28.7 Å². The van der Waals surface area contributed by atoms with E-state index in [0.717, 1.165) is 5.56 Å². The van der Waals surface area contributed by atoms with E-state index < -0.39 is 5.97 Å². The molecule has 24 heavy (non-hydrogen) atoms. The van der Waals surface area contributed by atoms with Crippen molar-refractivity contribution in [1.82, 2.24) is 0 Å². The van der Waals surface area contributed by atoms with Gasteiger partial charge in [-0.05, 0) is 35.9 Å². The van der Waals surface area contributed by atoms with E-state index in [4.69, 9.17) is 23.7 Å². The molecule has 0 radical (unpaired) electrons. The number of hydrogen-bond acceptors (Lipinski definition) is 6. The molecule has 1 aliphatic rings. The van der Waals surface area contributed by atoms with Gasteiger partial charge >= 0.3 is 5.97 Å². The van der Waals surface area contributed by atoms with Crippen molar-refractivity contribution >= 4 is 12.0 Å². The van der Waals surface area contributed by atoms with Gasteiger partial charge in [0.2, 0.25) is 12.5 Å². The maximum absolute atomic E-state index is 12.1. The number of hydrogen-bond donors (Lipinski definition) is 0. The van der Waals surface area contributed by atoms with Crippen LogP contribution in [0.2, 0.25) is 0 Å². The molecule has 1 heterocycles. The summed E-state index contributed by atoms with van der Waals surface area (Å²) in [6, 6.07) is 10.5. The predicted octanol–water partition coefficient (Wildman–Crippen LogP) is 3.05. The lowest BCUT2D eigenvalue weighted by atomic mass is 10.2. The summed E-state index contributed by atoms with van der Waals surface area (Å²) in [6.45, 7) is 0.206. The Balaban J connectivity index is 1.74. The molecule has 124 valence electrons. The summed E-state index contributed by atoms with van der Waals surface area (Å²) in [5.74, 6) is 1.86. The molecule has 0 N–H and O–H groups in total. The van der Waals surface area contributed by atoms with Crippen molar-refractivity contribution in [1.29, 1.82) is 0 Å². The van der Waals surface area contributed by atoms with Crippen LogP contribution in [0.1, 0.15) is 5.56 Å². The maximum atomic E-state index is 12.1. The fraction of sp³-hybridized carbons (Fsp3) is 0.167. The molecule has 0 amide bonds. The topological polar surface area (TPSA) is 63.2 Å². The van der Waals surface area contributed by atoms with Gasteiger partial charge in [0.1, 0.15) is 0 Å². The Morgan fingerprint density at radius 2 is 1.75 bits per heavy atom. The molecule has 6 heteroatoms. The van der Waals surface area contributed by atoms with Crippen LogP contribution in [0.4, 0.5) is 0 Å². The van der Waals surface area contributed by atoms with Gasteiger partial charge in [0.15, 0.2) is 23.0 Å². The van der Waals surface area contributed by atoms with Crippen LogP contribution in [-0.4, -0.2) is 27.0 Å². The number of para-hydroxylation sites is 1. The normalized spacial score (nSPS) is 12.2. The molecule has 0 fully saturated rings. The molecule has 2 aromatic rings. The van der Waals surface area contributed by atoms with Crippen LogP contribution in [0.3, 0.4) is 0 Å². The Morgan fingerprint density at radius 1 is 1.04 bits per heavy atom. The van der Waals surface area contributed by atoms with Gasteiger partial charge in [-0.2, -0.15) is 0 Å². The number of ether oxygens (including phenoxy) is 5. The van der Waals surface area contributed by atoms with Crippen molar-refractivity contribution in [2.24, 2.45) is 0 Å². The number of carbonyl (C=O) groups excluding carboxylic acids is 1. The maximum Gasteiger partial charge on any atom is 0.336 e. The van der Waals surface area contributed by atoms with Crippen molar-refractivity contribution in [3.63, 3.8) is 0 Å². The van der Waals surface area contributed by atoms with E-state index in [2.05, 4.69) is 0 Å². The van der Waals surface area contributed by atoms with E-state index in [1.807, 2.05) is 6.07 Å². The Bertz CT molecular complexity index is 759. The van der Waals surface area contributed by atoms with Gasteiger partial charge in [-0.1, -0.05) is 12.1 Å². The molecule has 6 nitrogen and oxygen atoms in total. The molecule has 1 aliphatic heterocycles. The zero-order chi connectivity index (χ0) is 16.9. The number of fused-ring (bicyclic) bond motifs is 1. The van der Waals surface area contributed by atoms with E-state index in [-0.39, 0.29) is 12.5 Å². The molecule has 0 bridgehead atoms. The Hall–Kier alpha value is -3.15. The number of carbonyl (C=O) groups is 1. The zero-order valence-electron chi connectivity index (χ0n) is 13.3. The molecule has 0 aromatic heterocycles. The average molecular weight is 328 g/mol. The number of methoxy groups -OCH3 is 2. The highest BCUT2D eigenvalue weighted by atomic mass is 16.7. The van der Waals surface area contributed by atoms with Crippen LogP contribution < -0.4 is 23.7 Å². The van der Waals surface area contributed by atoms with Crippen molar-refractivity contribution in [2.45, 2.75) is 0 Å². The summed E-state index contributed by atoms with van der Waals surface area (Å²) in [7, 11) is 2.99. The Labute approximate surface area is 139 Å². The first-order valence-corrected chi connectivity index (χ1v) is 7.22. The SMILES string of the molecule is COc1cccc(OC)c1OC(=O)C=Cc1ccc2c(c1)OCO2. The lowest BCUT2D eigenvalue weighted by Gasteiger charge is -2.11. The summed E-state index contributed by atoms with van der Waals surface area (Å²) in [5, 5.41) is 0. The van der Waals surface area contributed by atoms with Gasteiger partial charge in [-0.25, -0.2) is 4.79 Å². The van der Waals surface area contributed by atoms with E-state index in [1.54, 1.807) is 36.4 Å². The van der Waals surface area contributed by atoms with Crippen molar-refractivity contribution in [3.05, 3.63) is 48.0 Å². The second kappa shape index (κ2) is 6.95. The second-order valence-corrected chi connectivity index (χ2v) is 4.86. The molecular weight excluding hydrogens is 312 g/mol. The zero-order valence-corrected chi connectivity index (χ0v) is 13.3. The Kier molecular flexibility index (Phi) is 4.56. The monoisotopic (exact) mass is 328 g/mol. The second-order valence-electron chi connectivity index (χ2n) is 4.86. The number of benzene rings is 2. The molecule has 0 atom stereocenters. The predicted molar refractivity (Wildman–Crippen MR) is 86.8 cm³/mol. The molecular formula is C18H16O6. The minimum atomic E-state index is -0.546. The minimum absolute atomic E-state index is 0.206. The quantitative estimate of drug-likeness (QED) is 0.477. The minimum Gasteiger partial charge on any atom is -0.493 e. The van der Waals surface area contributed by atoms with Gasteiger partial charge in [0.25, 0.3) is 0 Å². The number of esters is 1. The standard InChI is InChI=1S/C18H16O6/c1-20-14-4-3-5-15(21-2)18(14)24-17(19)9-7-12-6-8-13-16(10-12)23-11-22-13/h3-10H,11H2,1-2H3. The Morgan fingerprint density at radius 3 is 2.46 bits per heavy atom.